The van der Waals surface area contributed by atoms with Crippen LogP contribution >= 0.6 is 49.9 Å². The molecule has 4 aromatic rings. The Labute approximate surface area is 214 Å². The van der Waals surface area contributed by atoms with Crippen LogP contribution in [0.25, 0.3) is 30.3 Å². The van der Waals surface area contributed by atoms with Gasteiger partial charge in [0.05, 0.1) is 13.2 Å². The van der Waals surface area contributed by atoms with Gasteiger partial charge in [0.1, 0.15) is 0 Å². The van der Waals surface area contributed by atoms with Crippen LogP contribution in [-0.4, -0.2) is 0 Å². The molecule has 0 nitrogen and oxygen atoms in total. The van der Waals surface area contributed by atoms with Gasteiger partial charge in [-0.25, -0.2) is 0 Å². The second-order valence-corrected chi connectivity index (χ2v) is 13.7. The summed E-state index contributed by atoms with van der Waals surface area (Å²) in [6, 6.07) is 7.13. The molecule has 174 valence electrons. The number of aryl methyl sites for hydroxylation is 1. The van der Waals surface area contributed by atoms with E-state index in [0.29, 0.717) is 0 Å². The van der Waals surface area contributed by atoms with E-state index in [1.54, 1.807) is 4.88 Å². The fourth-order valence-corrected chi connectivity index (χ4v) is 8.85. The van der Waals surface area contributed by atoms with Gasteiger partial charge in [0.15, 0.2) is 0 Å². The summed E-state index contributed by atoms with van der Waals surface area (Å²) in [6.07, 6.45) is 21.3. The predicted molar refractivity (Wildman–Crippen MR) is 154 cm³/mol. The zero-order valence-corrected chi connectivity index (χ0v) is 23.6. The zero-order valence-electron chi connectivity index (χ0n) is 19.5. The third-order valence-electron chi connectivity index (χ3n) is 6.67. The number of thiophene rings is 3. The predicted octanol–water partition coefficient (Wildman–Crippen LogP) is 12.1. The molecule has 4 rings (SSSR count). The van der Waals surface area contributed by atoms with Crippen molar-refractivity contribution in [1.29, 1.82) is 0 Å². The van der Waals surface area contributed by atoms with Crippen molar-refractivity contribution >= 4 is 80.2 Å². The van der Waals surface area contributed by atoms with Gasteiger partial charge in [-0.1, -0.05) is 90.4 Å². The van der Waals surface area contributed by atoms with E-state index in [-0.39, 0.29) is 0 Å². The van der Waals surface area contributed by atoms with E-state index >= 15 is 0 Å². The van der Waals surface area contributed by atoms with Gasteiger partial charge in [-0.3, -0.25) is 0 Å². The molecule has 0 saturated carbocycles. The summed E-state index contributed by atoms with van der Waals surface area (Å²) < 4.78 is 5.66. The van der Waals surface area contributed by atoms with Crippen LogP contribution in [-0.2, 0) is 6.42 Å². The SMILES string of the molecule is CCCCCCCCCCCCCCCCc1cc2c3cc(Br)sc3c3sccc3c2s1. The van der Waals surface area contributed by atoms with Gasteiger partial charge in [0.2, 0.25) is 0 Å². The lowest BCUT2D eigenvalue weighted by atomic mass is 10.0. The average molecular weight is 550 g/mol. The lowest BCUT2D eigenvalue weighted by molar-refractivity contribution is 0.536. The second kappa shape index (κ2) is 12.9. The first-order chi connectivity index (χ1) is 15.8. The Balaban J connectivity index is 1.15. The third-order valence-corrected chi connectivity index (χ3v) is 10.6. The van der Waals surface area contributed by atoms with E-state index in [0.717, 1.165) is 0 Å². The monoisotopic (exact) mass is 548 g/mol. The smallest absolute Gasteiger partial charge is 0.0711 e. The van der Waals surface area contributed by atoms with Crippen molar-refractivity contribution in [3.8, 4) is 0 Å². The molecule has 0 atom stereocenters. The minimum atomic E-state index is 1.24. The van der Waals surface area contributed by atoms with Crippen molar-refractivity contribution in [2.24, 2.45) is 0 Å². The van der Waals surface area contributed by atoms with Gasteiger partial charge in [-0.15, -0.1) is 34.0 Å². The molecule has 0 radical (unpaired) electrons. The number of hydrogen-bond donors (Lipinski definition) is 0. The number of unbranched alkanes of at least 4 members (excludes halogenated alkanes) is 13. The zero-order chi connectivity index (χ0) is 22.2. The fourth-order valence-electron chi connectivity index (χ4n) is 4.85. The normalized spacial score (nSPS) is 12.1. The Morgan fingerprint density at radius 3 is 1.88 bits per heavy atom. The van der Waals surface area contributed by atoms with Gasteiger partial charge in [0.25, 0.3) is 0 Å². The number of benzene rings is 1. The Morgan fingerprint density at radius 2 is 1.22 bits per heavy atom. The van der Waals surface area contributed by atoms with Gasteiger partial charge in [-0.2, -0.15) is 0 Å². The molecule has 0 saturated heterocycles. The van der Waals surface area contributed by atoms with E-state index in [9.17, 15) is 0 Å². The molecular weight excluding hydrogens is 512 g/mol. The first-order valence-electron chi connectivity index (χ1n) is 12.8. The van der Waals surface area contributed by atoms with Crippen LogP contribution in [0.5, 0.6) is 0 Å². The number of halogens is 1. The van der Waals surface area contributed by atoms with Crippen LogP contribution < -0.4 is 0 Å². The molecule has 0 aliphatic rings. The standard InChI is InChI=1S/C28H37BrS3/c1-2-3-4-5-6-7-8-9-10-11-12-13-14-15-16-21-19-23-24-20-25(29)32-28(24)27-22(17-18-30-27)26(23)31-21/h17-20H,2-16H2,1H3. The summed E-state index contributed by atoms with van der Waals surface area (Å²) in [6.45, 7) is 2.30. The number of hydrogen-bond acceptors (Lipinski definition) is 3. The maximum atomic E-state index is 3.72. The van der Waals surface area contributed by atoms with Gasteiger partial charge < -0.3 is 0 Å². The van der Waals surface area contributed by atoms with E-state index < -0.39 is 0 Å². The quantitative estimate of drug-likeness (QED) is 0.129. The molecule has 0 aliphatic heterocycles. The lowest BCUT2D eigenvalue weighted by Crippen LogP contribution is -1.84. The summed E-state index contributed by atoms with van der Waals surface area (Å²) in [7, 11) is 0. The highest BCUT2D eigenvalue weighted by molar-refractivity contribution is 9.11. The van der Waals surface area contributed by atoms with Crippen molar-refractivity contribution in [3.05, 3.63) is 32.2 Å². The van der Waals surface area contributed by atoms with Crippen molar-refractivity contribution in [3.63, 3.8) is 0 Å². The molecule has 4 heteroatoms. The van der Waals surface area contributed by atoms with Crippen LogP contribution in [0.1, 0.15) is 102 Å². The molecule has 1 aromatic carbocycles. The molecule has 0 spiro atoms. The first kappa shape index (κ1) is 24.7. The number of rotatable bonds is 15. The topological polar surface area (TPSA) is 0 Å². The molecular formula is C28H37BrS3. The molecule has 0 unspecified atom stereocenters. The average Bonchev–Trinajstić information content (AvgIpc) is 3.51. The Morgan fingerprint density at radius 1 is 0.625 bits per heavy atom. The first-order valence-corrected chi connectivity index (χ1v) is 16.1. The molecule has 0 N–H and O–H groups in total. The molecule has 3 aromatic heterocycles. The van der Waals surface area contributed by atoms with Gasteiger partial charge in [-0.05, 0) is 52.4 Å². The second-order valence-electron chi connectivity index (χ2n) is 9.26. The lowest BCUT2D eigenvalue weighted by Gasteiger charge is -2.03. The van der Waals surface area contributed by atoms with Crippen LogP contribution in [0, 0.1) is 0 Å². The Kier molecular flexibility index (Phi) is 9.94. The molecule has 32 heavy (non-hydrogen) atoms. The van der Waals surface area contributed by atoms with Gasteiger partial charge >= 0.3 is 0 Å². The molecule has 0 bridgehead atoms. The summed E-state index contributed by atoms with van der Waals surface area (Å²) in [5, 5.41) is 6.63. The van der Waals surface area contributed by atoms with Crippen molar-refractivity contribution in [2.75, 3.05) is 0 Å². The maximum absolute atomic E-state index is 3.72. The van der Waals surface area contributed by atoms with E-state index in [1.807, 2.05) is 34.0 Å². The summed E-state index contributed by atoms with van der Waals surface area (Å²) in [5.41, 5.74) is 0. The highest BCUT2D eigenvalue weighted by atomic mass is 79.9. The van der Waals surface area contributed by atoms with Crippen LogP contribution in [0.3, 0.4) is 0 Å². The Hall–Kier alpha value is -0.420. The number of fused-ring (bicyclic) bond motifs is 6. The molecule has 0 amide bonds. The van der Waals surface area contributed by atoms with Crippen molar-refractivity contribution < 1.29 is 0 Å². The van der Waals surface area contributed by atoms with Crippen LogP contribution in [0.2, 0.25) is 0 Å². The van der Waals surface area contributed by atoms with Crippen LogP contribution in [0.15, 0.2) is 27.4 Å². The van der Waals surface area contributed by atoms with E-state index in [2.05, 4.69) is 46.4 Å². The summed E-state index contributed by atoms with van der Waals surface area (Å²) in [4.78, 5) is 1.57. The minimum absolute atomic E-state index is 1.24. The largest absolute Gasteiger partial charge is 0.142 e. The highest BCUT2D eigenvalue weighted by Gasteiger charge is 2.15. The van der Waals surface area contributed by atoms with Crippen molar-refractivity contribution in [2.45, 2.75) is 103 Å². The summed E-state index contributed by atoms with van der Waals surface area (Å²) in [5.74, 6) is 0. The Bertz CT molecular complexity index is 1100. The molecule has 3 heterocycles. The fraction of sp³-hybridized carbons (Fsp3) is 0.571. The van der Waals surface area contributed by atoms with Crippen molar-refractivity contribution in [1.82, 2.24) is 0 Å². The van der Waals surface area contributed by atoms with E-state index in [1.165, 1.54) is 130 Å². The minimum Gasteiger partial charge on any atom is -0.142 e. The molecule has 0 aliphatic carbocycles. The van der Waals surface area contributed by atoms with Crippen LogP contribution in [0.4, 0.5) is 0 Å². The molecule has 0 fully saturated rings. The third kappa shape index (κ3) is 6.37. The van der Waals surface area contributed by atoms with Gasteiger partial charge in [0, 0.05) is 25.7 Å². The summed E-state index contributed by atoms with van der Waals surface area (Å²) >= 11 is 9.53. The highest BCUT2D eigenvalue weighted by Crippen LogP contribution is 2.46. The maximum Gasteiger partial charge on any atom is 0.0711 e. The van der Waals surface area contributed by atoms with E-state index in [4.69, 9.17) is 0 Å².